The van der Waals surface area contributed by atoms with Crippen LogP contribution in [0.2, 0.25) is 0 Å². The van der Waals surface area contributed by atoms with E-state index >= 15 is 0 Å². The fourth-order valence-electron chi connectivity index (χ4n) is 1.41. The Morgan fingerprint density at radius 3 is 2.58 bits per heavy atom. The number of carbonyl (C=O) groups is 1. The molecule has 1 aromatic rings. The van der Waals surface area contributed by atoms with E-state index in [1.807, 2.05) is 0 Å². The number of nitrogens with two attached hydrogens (primary N) is 1. The van der Waals surface area contributed by atoms with Crippen LogP contribution in [0.4, 0.5) is 18.9 Å². The van der Waals surface area contributed by atoms with Crippen LogP contribution in [0.3, 0.4) is 0 Å². The number of amides is 1. The SMILES string of the molecule is CS(=O)CCNC(=O)c1cccc(C(F)(F)F)c1N. The van der Waals surface area contributed by atoms with Crippen LogP contribution in [-0.2, 0) is 17.0 Å². The highest BCUT2D eigenvalue weighted by Crippen LogP contribution is 2.34. The summed E-state index contributed by atoms with van der Waals surface area (Å²) >= 11 is 0. The van der Waals surface area contributed by atoms with Gasteiger partial charge in [-0.3, -0.25) is 9.00 Å². The third-order valence-electron chi connectivity index (χ3n) is 2.33. The Hall–Kier alpha value is -1.57. The van der Waals surface area contributed by atoms with Crippen molar-refractivity contribution in [3.8, 4) is 0 Å². The normalized spacial score (nSPS) is 13.1. The van der Waals surface area contributed by atoms with Gasteiger partial charge in [-0.25, -0.2) is 0 Å². The van der Waals surface area contributed by atoms with E-state index in [4.69, 9.17) is 5.73 Å². The third-order valence-corrected chi connectivity index (χ3v) is 3.11. The molecule has 1 rings (SSSR count). The van der Waals surface area contributed by atoms with E-state index in [1.165, 1.54) is 12.3 Å². The highest BCUT2D eigenvalue weighted by Gasteiger charge is 2.34. The van der Waals surface area contributed by atoms with E-state index in [-0.39, 0.29) is 17.9 Å². The van der Waals surface area contributed by atoms with Crippen molar-refractivity contribution in [1.82, 2.24) is 5.32 Å². The van der Waals surface area contributed by atoms with Gasteiger partial charge in [0.25, 0.3) is 5.91 Å². The summed E-state index contributed by atoms with van der Waals surface area (Å²) in [6.07, 6.45) is -3.14. The van der Waals surface area contributed by atoms with Crippen molar-refractivity contribution in [2.24, 2.45) is 0 Å². The van der Waals surface area contributed by atoms with Gasteiger partial charge in [-0.15, -0.1) is 0 Å². The summed E-state index contributed by atoms with van der Waals surface area (Å²) in [4.78, 5) is 11.7. The van der Waals surface area contributed by atoms with Crippen molar-refractivity contribution in [2.75, 3.05) is 24.3 Å². The van der Waals surface area contributed by atoms with Crippen molar-refractivity contribution in [3.63, 3.8) is 0 Å². The summed E-state index contributed by atoms with van der Waals surface area (Å²) in [5.74, 6) is -0.487. The van der Waals surface area contributed by atoms with E-state index in [0.717, 1.165) is 12.1 Å². The predicted molar refractivity (Wildman–Crippen MR) is 67.1 cm³/mol. The molecule has 0 saturated heterocycles. The lowest BCUT2D eigenvalue weighted by Crippen LogP contribution is -2.28. The number of anilines is 1. The number of hydrogen-bond donors (Lipinski definition) is 2. The van der Waals surface area contributed by atoms with Gasteiger partial charge < -0.3 is 11.1 Å². The molecule has 0 aliphatic rings. The molecule has 0 spiro atoms. The van der Waals surface area contributed by atoms with Gasteiger partial charge in [0.15, 0.2) is 0 Å². The van der Waals surface area contributed by atoms with Gasteiger partial charge in [0.2, 0.25) is 0 Å². The van der Waals surface area contributed by atoms with Crippen LogP contribution >= 0.6 is 0 Å². The lowest BCUT2D eigenvalue weighted by Gasteiger charge is -2.13. The molecule has 19 heavy (non-hydrogen) atoms. The quantitative estimate of drug-likeness (QED) is 0.824. The standard InChI is InChI=1S/C11H13F3N2O2S/c1-19(18)6-5-16-10(17)7-3-2-4-8(9(7)15)11(12,13)14/h2-4H,5-6,15H2,1H3,(H,16,17). The summed E-state index contributed by atoms with van der Waals surface area (Å²) in [6.45, 7) is 0.109. The van der Waals surface area contributed by atoms with E-state index in [9.17, 15) is 22.2 Å². The maximum Gasteiger partial charge on any atom is 0.418 e. The second kappa shape index (κ2) is 6.05. The van der Waals surface area contributed by atoms with E-state index in [1.54, 1.807) is 0 Å². The molecule has 1 unspecified atom stereocenters. The third kappa shape index (κ3) is 4.23. The number of nitrogens with one attached hydrogen (secondary N) is 1. The Morgan fingerprint density at radius 2 is 2.05 bits per heavy atom. The zero-order chi connectivity index (χ0) is 14.6. The molecule has 0 aliphatic carbocycles. The Morgan fingerprint density at radius 1 is 1.42 bits per heavy atom. The summed E-state index contributed by atoms with van der Waals surface area (Å²) in [5, 5.41) is 2.37. The number of rotatable bonds is 4. The molecule has 8 heteroatoms. The number of halogens is 3. The maximum atomic E-state index is 12.6. The second-order valence-electron chi connectivity index (χ2n) is 3.80. The molecule has 1 aromatic carbocycles. The lowest BCUT2D eigenvalue weighted by molar-refractivity contribution is -0.136. The number of para-hydroxylation sites is 1. The van der Waals surface area contributed by atoms with Crippen molar-refractivity contribution < 1.29 is 22.2 Å². The molecule has 0 heterocycles. The fraction of sp³-hybridized carbons (Fsp3) is 0.364. The van der Waals surface area contributed by atoms with Gasteiger partial charge in [0.05, 0.1) is 16.8 Å². The lowest BCUT2D eigenvalue weighted by atomic mass is 10.1. The molecule has 0 aromatic heterocycles. The molecule has 3 N–H and O–H groups in total. The first-order valence-corrected chi connectivity index (χ1v) is 7.00. The summed E-state index contributed by atoms with van der Waals surface area (Å²) in [5.41, 5.74) is 3.47. The first-order chi connectivity index (χ1) is 8.73. The largest absolute Gasteiger partial charge is 0.418 e. The molecule has 0 saturated carbocycles. The van der Waals surface area contributed by atoms with Crippen molar-refractivity contribution >= 4 is 22.4 Å². The number of benzene rings is 1. The van der Waals surface area contributed by atoms with Crippen LogP contribution in [0.15, 0.2) is 18.2 Å². The number of nitrogen functional groups attached to an aromatic ring is 1. The fourth-order valence-corrected chi connectivity index (χ4v) is 1.80. The first kappa shape index (κ1) is 15.5. The molecule has 1 amide bonds. The number of hydrogen-bond acceptors (Lipinski definition) is 3. The van der Waals surface area contributed by atoms with Crippen molar-refractivity contribution in [2.45, 2.75) is 6.18 Å². The monoisotopic (exact) mass is 294 g/mol. The minimum absolute atomic E-state index is 0.109. The zero-order valence-corrected chi connectivity index (χ0v) is 10.9. The molecule has 4 nitrogen and oxygen atoms in total. The van der Waals surface area contributed by atoms with Crippen LogP contribution in [0, 0.1) is 0 Å². The van der Waals surface area contributed by atoms with Gasteiger partial charge in [0, 0.05) is 29.4 Å². The molecular weight excluding hydrogens is 281 g/mol. The van der Waals surface area contributed by atoms with E-state index < -0.39 is 34.1 Å². The van der Waals surface area contributed by atoms with Gasteiger partial charge in [-0.2, -0.15) is 13.2 Å². The Bertz CT molecular complexity index is 503. The molecule has 106 valence electrons. The highest BCUT2D eigenvalue weighted by atomic mass is 32.2. The van der Waals surface area contributed by atoms with Crippen LogP contribution in [-0.4, -0.2) is 28.7 Å². The van der Waals surface area contributed by atoms with Gasteiger partial charge in [0.1, 0.15) is 0 Å². The van der Waals surface area contributed by atoms with Crippen LogP contribution in [0.25, 0.3) is 0 Å². The smallest absolute Gasteiger partial charge is 0.398 e. The number of alkyl halides is 3. The topological polar surface area (TPSA) is 72.2 Å². The Labute approximate surface area is 110 Å². The van der Waals surface area contributed by atoms with E-state index in [2.05, 4.69) is 5.32 Å². The highest BCUT2D eigenvalue weighted by molar-refractivity contribution is 7.84. The van der Waals surface area contributed by atoms with Gasteiger partial charge in [-0.1, -0.05) is 6.07 Å². The average Bonchev–Trinajstić information content (AvgIpc) is 2.26. The first-order valence-electron chi connectivity index (χ1n) is 5.27. The Kier molecular flexibility index (Phi) is 4.93. The molecule has 1 atom stereocenters. The number of carbonyl (C=O) groups excluding carboxylic acids is 1. The molecule has 0 fully saturated rings. The average molecular weight is 294 g/mol. The van der Waals surface area contributed by atoms with Crippen molar-refractivity contribution in [3.05, 3.63) is 29.3 Å². The van der Waals surface area contributed by atoms with Gasteiger partial charge in [-0.05, 0) is 12.1 Å². The summed E-state index contributed by atoms with van der Waals surface area (Å²) < 4.78 is 48.6. The zero-order valence-electron chi connectivity index (χ0n) is 10.1. The summed E-state index contributed by atoms with van der Waals surface area (Å²) in [7, 11) is -1.09. The predicted octanol–water partition coefficient (Wildman–Crippen LogP) is 1.40. The molecule has 0 radical (unpaired) electrons. The van der Waals surface area contributed by atoms with Crippen LogP contribution in [0.1, 0.15) is 15.9 Å². The van der Waals surface area contributed by atoms with Crippen LogP contribution in [0.5, 0.6) is 0 Å². The van der Waals surface area contributed by atoms with Gasteiger partial charge >= 0.3 is 6.18 Å². The van der Waals surface area contributed by atoms with Crippen LogP contribution < -0.4 is 11.1 Å². The minimum atomic E-state index is -4.61. The molecular formula is C11H13F3N2O2S. The van der Waals surface area contributed by atoms with Crippen molar-refractivity contribution in [1.29, 1.82) is 0 Å². The molecule has 0 bridgehead atoms. The second-order valence-corrected chi connectivity index (χ2v) is 5.35. The summed E-state index contributed by atoms with van der Waals surface area (Å²) in [6, 6.07) is 3.14. The Balaban J connectivity index is 2.90. The molecule has 0 aliphatic heterocycles. The maximum absolute atomic E-state index is 12.6. The minimum Gasteiger partial charge on any atom is -0.398 e. The van der Waals surface area contributed by atoms with E-state index in [0.29, 0.717) is 0 Å².